The standard InChI is InChI=1S/C18H18N6O2S2/c1-10-13(11(2)24-17(20-10)22-18(23-24)27-3)7-15(25)19-8-12-9-26-16(21-12)14-5-4-6-28-14/h4-6,9H,7-8H2,1-3H3,(H,19,25). The van der Waals surface area contributed by atoms with Crippen LogP contribution >= 0.6 is 23.1 Å². The topological polar surface area (TPSA) is 98.2 Å². The minimum Gasteiger partial charge on any atom is -0.443 e. The zero-order chi connectivity index (χ0) is 19.7. The first-order valence-electron chi connectivity index (χ1n) is 8.57. The molecule has 0 aliphatic rings. The summed E-state index contributed by atoms with van der Waals surface area (Å²) in [4.78, 5) is 26.7. The average molecular weight is 415 g/mol. The molecule has 4 heterocycles. The van der Waals surface area contributed by atoms with Crippen LogP contribution in [0.1, 0.15) is 22.6 Å². The predicted molar refractivity (Wildman–Crippen MR) is 107 cm³/mol. The van der Waals surface area contributed by atoms with Crippen molar-refractivity contribution in [2.24, 2.45) is 0 Å². The fourth-order valence-corrected chi connectivity index (χ4v) is 3.84. The van der Waals surface area contributed by atoms with Crippen LogP contribution < -0.4 is 5.32 Å². The molecule has 0 saturated carbocycles. The molecule has 144 valence electrons. The molecule has 1 N–H and O–H groups in total. The van der Waals surface area contributed by atoms with Crippen LogP contribution in [0.2, 0.25) is 0 Å². The highest BCUT2D eigenvalue weighted by atomic mass is 32.2. The number of rotatable bonds is 6. The van der Waals surface area contributed by atoms with Crippen LogP contribution in [0, 0.1) is 13.8 Å². The maximum Gasteiger partial charge on any atom is 0.253 e. The number of hydrogen-bond acceptors (Lipinski definition) is 8. The quantitative estimate of drug-likeness (QED) is 0.484. The summed E-state index contributed by atoms with van der Waals surface area (Å²) in [6.07, 6.45) is 3.70. The maximum atomic E-state index is 12.5. The van der Waals surface area contributed by atoms with Gasteiger partial charge in [0.15, 0.2) is 0 Å². The molecule has 4 rings (SSSR count). The Labute approximate surface area is 169 Å². The summed E-state index contributed by atoms with van der Waals surface area (Å²) in [7, 11) is 0. The minimum absolute atomic E-state index is 0.113. The van der Waals surface area contributed by atoms with Gasteiger partial charge < -0.3 is 9.73 Å². The number of thioether (sulfide) groups is 1. The summed E-state index contributed by atoms with van der Waals surface area (Å²) >= 11 is 3.02. The van der Waals surface area contributed by atoms with Crippen molar-refractivity contribution < 1.29 is 9.21 Å². The zero-order valence-electron chi connectivity index (χ0n) is 15.6. The molecule has 4 aromatic heterocycles. The van der Waals surface area contributed by atoms with Gasteiger partial charge in [0, 0.05) is 17.0 Å². The molecular formula is C18H18N6O2S2. The minimum atomic E-state index is -0.113. The summed E-state index contributed by atoms with van der Waals surface area (Å²) in [6, 6.07) is 3.89. The average Bonchev–Trinajstić information content (AvgIpc) is 3.43. The molecule has 0 radical (unpaired) electrons. The van der Waals surface area contributed by atoms with E-state index < -0.39 is 0 Å². The van der Waals surface area contributed by atoms with Gasteiger partial charge >= 0.3 is 0 Å². The first kappa shape index (κ1) is 18.6. The lowest BCUT2D eigenvalue weighted by molar-refractivity contribution is -0.120. The van der Waals surface area contributed by atoms with Gasteiger partial charge in [-0.1, -0.05) is 17.8 Å². The van der Waals surface area contributed by atoms with Crippen molar-refractivity contribution in [3.05, 3.63) is 46.4 Å². The van der Waals surface area contributed by atoms with Crippen LogP contribution in [0.5, 0.6) is 0 Å². The van der Waals surface area contributed by atoms with Crippen LogP contribution in [0.4, 0.5) is 0 Å². The van der Waals surface area contributed by atoms with Gasteiger partial charge in [-0.25, -0.2) is 14.5 Å². The van der Waals surface area contributed by atoms with Gasteiger partial charge in [0.2, 0.25) is 17.0 Å². The van der Waals surface area contributed by atoms with E-state index in [0.717, 1.165) is 21.8 Å². The van der Waals surface area contributed by atoms with Crippen LogP contribution in [0.25, 0.3) is 16.5 Å². The number of hydrogen-bond donors (Lipinski definition) is 1. The van der Waals surface area contributed by atoms with Crippen LogP contribution in [0.3, 0.4) is 0 Å². The van der Waals surface area contributed by atoms with E-state index in [0.29, 0.717) is 29.1 Å². The van der Waals surface area contributed by atoms with E-state index in [1.165, 1.54) is 11.8 Å². The number of thiophene rings is 1. The molecule has 0 bridgehead atoms. The third kappa shape index (κ3) is 3.65. The number of nitrogens with one attached hydrogen (secondary N) is 1. The lowest BCUT2D eigenvalue weighted by atomic mass is 10.1. The Balaban J connectivity index is 1.45. The summed E-state index contributed by atoms with van der Waals surface area (Å²) in [5.74, 6) is 1.00. The highest BCUT2D eigenvalue weighted by molar-refractivity contribution is 7.98. The third-order valence-electron chi connectivity index (χ3n) is 4.30. The Morgan fingerprint density at radius 3 is 2.93 bits per heavy atom. The number of oxazole rings is 1. The SMILES string of the molecule is CSc1nc2nc(C)c(CC(=O)NCc3coc(-c4cccs4)n3)c(C)n2n1. The van der Waals surface area contributed by atoms with Gasteiger partial charge in [0.1, 0.15) is 6.26 Å². The second-order valence-corrected chi connectivity index (χ2v) is 7.87. The molecule has 4 aromatic rings. The molecule has 0 fully saturated rings. The Morgan fingerprint density at radius 1 is 1.32 bits per heavy atom. The smallest absolute Gasteiger partial charge is 0.253 e. The van der Waals surface area contributed by atoms with Crippen LogP contribution in [-0.4, -0.2) is 36.7 Å². The van der Waals surface area contributed by atoms with Gasteiger partial charge in [-0.3, -0.25) is 4.79 Å². The predicted octanol–water partition coefficient (Wildman–Crippen LogP) is 3.04. The number of carbonyl (C=O) groups excluding carboxylic acids is 1. The van der Waals surface area contributed by atoms with Crippen molar-refractivity contribution in [3.63, 3.8) is 0 Å². The van der Waals surface area contributed by atoms with Crippen LogP contribution in [-0.2, 0) is 17.8 Å². The Bertz CT molecular complexity index is 1130. The summed E-state index contributed by atoms with van der Waals surface area (Å²) in [5.41, 5.74) is 3.18. The molecule has 0 spiro atoms. The van der Waals surface area contributed by atoms with Gasteiger partial charge in [-0.2, -0.15) is 4.98 Å². The zero-order valence-corrected chi connectivity index (χ0v) is 17.2. The van der Waals surface area contributed by atoms with Crippen molar-refractivity contribution in [2.75, 3.05) is 6.26 Å². The lowest BCUT2D eigenvalue weighted by Gasteiger charge is -2.10. The molecule has 10 heteroatoms. The number of carbonyl (C=O) groups is 1. The van der Waals surface area contributed by atoms with Gasteiger partial charge in [-0.05, 0) is 31.5 Å². The highest BCUT2D eigenvalue weighted by Crippen LogP contribution is 2.23. The molecule has 8 nitrogen and oxygen atoms in total. The Kier molecular flexibility index (Phi) is 5.14. The van der Waals surface area contributed by atoms with Gasteiger partial charge in [0.05, 0.1) is 23.5 Å². The third-order valence-corrected chi connectivity index (χ3v) is 5.70. The lowest BCUT2D eigenvalue weighted by Crippen LogP contribution is -2.26. The number of amides is 1. The Hall–Kier alpha value is -2.72. The van der Waals surface area contributed by atoms with Crippen LogP contribution in [0.15, 0.2) is 33.3 Å². The van der Waals surface area contributed by atoms with Gasteiger partial charge in [-0.15, -0.1) is 16.4 Å². The molecule has 0 aromatic carbocycles. The van der Waals surface area contributed by atoms with E-state index in [4.69, 9.17) is 4.42 Å². The number of aromatic nitrogens is 5. The van der Waals surface area contributed by atoms with E-state index in [2.05, 4.69) is 25.4 Å². The monoisotopic (exact) mass is 414 g/mol. The van der Waals surface area contributed by atoms with E-state index in [-0.39, 0.29) is 12.3 Å². The number of fused-ring (bicyclic) bond motifs is 1. The van der Waals surface area contributed by atoms with E-state index in [9.17, 15) is 4.79 Å². The number of nitrogens with zero attached hydrogens (tertiary/aromatic N) is 5. The van der Waals surface area contributed by atoms with Crippen molar-refractivity contribution in [2.45, 2.75) is 32.0 Å². The largest absolute Gasteiger partial charge is 0.443 e. The fourth-order valence-electron chi connectivity index (χ4n) is 2.85. The highest BCUT2D eigenvalue weighted by Gasteiger charge is 2.16. The normalized spacial score (nSPS) is 11.2. The van der Waals surface area contributed by atoms with Crippen molar-refractivity contribution >= 4 is 34.8 Å². The summed E-state index contributed by atoms with van der Waals surface area (Å²) < 4.78 is 7.16. The molecule has 0 atom stereocenters. The fraction of sp³-hybridized carbons (Fsp3) is 0.278. The van der Waals surface area contributed by atoms with E-state index in [1.54, 1.807) is 22.1 Å². The summed E-state index contributed by atoms with van der Waals surface area (Å²) in [6.45, 7) is 4.11. The second kappa shape index (κ2) is 7.72. The summed E-state index contributed by atoms with van der Waals surface area (Å²) in [5, 5.41) is 9.93. The van der Waals surface area contributed by atoms with Crippen molar-refractivity contribution in [1.29, 1.82) is 0 Å². The molecule has 0 aliphatic heterocycles. The first-order chi connectivity index (χ1) is 13.5. The molecule has 28 heavy (non-hydrogen) atoms. The van der Waals surface area contributed by atoms with Crippen molar-refractivity contribution in [3.8, 4) is 10.8 Å². The van der Waals surface area contributed by atoms with E-state index >= 15 is 0 Å². The Morgan fingerprint density at radius 2 is 2.18 bits per heavy atom. The van der Waals surface area contributed by atoms with E-state index in [1.807, 2.05) is 37.6 Å². The molecule has 0 saturated heterocycles. The molecule has 0 unspecified atom stereocenters. The first-order valence-corrected chi connectivity index (χ1v) is 10.7. The van der Waals surface area contributed by atoms with Gasteiger partial charge in [0.25, 0.3) is 5.78 Å². The molecular weight excluding hydrogens is 396 g/mol. The second-order valence-electron chi connectivity index (χ2n) is 6.15. The number of aryl methyl sites for hydroxylation is 2. The maximum absolute atomic E-state index is 12.5. The molecule has 1 amide bonds. The van der Waals surface area contributed by atoms with Crippen molar-refractivity contribution in [1.82, 2.24) is 29.9 Å². The molecule has 0 aliphatic carbocycles.